The van der Waals surface area contributed by atoms with Gasteiger partial charge in [0.15, 0.2) is 6.29 Å². The van der Waals surface area contributed by atoms with Crippen LogP contribution in [0.5, 0.6) is 0 Å². The molecule has 1 aliphatic rings. The summed E-state index contributed by atoms with van der Waals surface area (Å²) in [6, 6.07) is 20.8. The number of anilines is 1. The SMILES string of the molecule is CN(CCc1ccccn1)C[C@@H]1C[C@H](c2ccc(CO)cc2)O[C@H](c2cccc(NC(=O)C(Cl)(Cl)Cl)c2)O1. The Labute approximate surface area is 237 Å². The highest BCUT2D eigenvalue weighted by atomic mass is 35.6. The fraction of sp³-hybridized carbons (Fsp3) is 0.357. The molecule has 1 aromatic heterocycles. The minimum absolute atomic E-state index is 0.0199. The summed E-state index contributed by atoms with van der Waals surface area (Å²) in [5.41, 5.74) is 4.06. The van der Waals surface area contributed by atoms with E-state index in [-0.39, 0.29) is 18.8 Å². The number of pyridine rings is 1. The number of carbonyl (C=O) groups excluding carboxylic acids is 1. The molecule has 4 rings (SSSR count). The van der Waals surface area contributed by atoms with Crippen molar-refractivity contribution in [3.63, 3.8) is 0 Å². The second kappa shape index (κ2) is 13.2. The first-order chi connectivity index (χ1) is 18.2. The maximum absolute atomic E-state index is 12.2. The van der Waals surface area contributed by atoms with E-state index in [2.05, 4.69) is 22.2 Å². The maximum atomic E-state index is 12.2. The normalized spacial score (nSPS) is 19.9. The number of amides is 1. The van der Waals surface area contributed by atoms with Gasteiger partial charge in [-0.05, 0) is 42.4 Å². The van der Waals surface area contributed by atoms with Crippen molar-refractivity contribution in [1.29, 1.82) is 0 Å². The van der Waals surface area contributed by atoms with Gasteiger partial charge in [-0.25, -0.2) is 0 Å². The predicted octanol–water partition coefficient (Wildman–Crippen LogP) is 5.60. The lowest BCUT2D eigenvalue weighted by Crippen LogP contribution is -2.38. The van der Waals surface area contributed by atoms with Crippen LogP contribution in [0, 0.1) is 0 Å². The summed E-state index contributed by atoms with van der Waals surface area (Å²) < 4.78 is 10.7. The summed E-state index contributed by atoms with van der Waals surface area (Å²) in [5.74, 6) is -0.751. The van der Waals surface area contributed by atoms with Gasteiger partial charge in [-0.3, -0.25) is 9.78 Å². The van der Waals surface area contributed by atoms with Crippen molar-refractivity contribution in [3.05, 3.63) is 95.3 Å². The molecule has 3 aromatic rings. The molecule has 0 saturated carbocycles. The van der Waals surface area contributed by atoms with E-state index in [1.165, 1.54) is 0 Å². The molecule has 3 atom stereocenters. The standard InChI is InChI=1S/C28H30Cl3N3O4/c1-34(14-12-22-6-2-3-13-32-22)17-24-16-25(20-10-8-19(18-35)9-11-20)38-26(37-24)21-5-4-7-23(15-21)33-27(36)28(29,30)31/h2-11,13,15,24-26,35H,12,14,16-18H2,1H3,(H,33,36)/t24-,25+,26+/m0/s1. The number of halogens is 3. The Kier molecular flexibility index (Phi) is 10.0. The number of nitrogens with zero attached hydrogens (tertiary/aromatic N) is 2. The average molecular weight is 579 g/mol. The lowest BCUT2D eigenvalue weighted by atomic mass is 9.99. The zero-order valence-corrected chi connectivity index (χ0v) is 23.2. The van der Waals surface area contributed by atoms with Gasteiger partial charge < -0.3 is 24.8 Å². The smallest absolute Gasteiger partial charge is 0.276 e. The zero-order chi connectivity index (χ0) is 27.1. The minimum atomic E-state index is -2.08. The number of rotatable bonds is 9. The molecule has 202 valence electrons. The van der Waals surface area contributed by atoms with Crippen molar-refractivity contribution in [1.82, 2.24) is 9.88 Å². The third-order valence-electron chi connectivity index (χ3n) is 6.28. The number of benzene rings is 2. The second-order valence-corrected chi connectivity index (χ2v) is 11.5. The van der Waals surface area contributed by atoms with Gasteiger partial charge in [0.2, 0.25) is 0 Å². The fourth-order valence-corrected chi connectivity index (χ4v) is 4.43. The molecule has 1 amide bonds. The van der Waals surface area contributed by atoms with Crippen LogP contribution in [-0.2, 0) is 27.3 Å². The lowest BCUT2D eigenvalue weighted by Gasteiger charge is -2.38. The van der Waals surface area contributed by atoms with Gasteiger partial charge in [0.1, 0.15) is 0 Å². The van der Waals surface area contributed by atoms with Gasteiger partial charge in [0.25, 0.3) is 9.70 Å². The number of aromatic nitrogens is 1. The molecule has 2 aromatic carbocycles. The topological polar surface area (TPSA) is 83.9 Å². The average Bonchev–Trinajstić information content (AvgIpc) is 2.92. The predicted molar refractivity (Wildman–Crippen MR) is 149 cm³/mol. The quantitative estimate of drug-likeness (QED) is 0.322. The summed E-state index contributed by atoms with van der Waals surface area (Å²) >= 11 is 17.1. The Morgan fingerprint density at radius 1 is 1.08 bits per heavy atom. The molecule has 2 heterocycles. The highest BCUT2D eigenvalue weighted by Crippen LogP contribution is 2.39. The van der Waals surface area contributed by atoms with Crippen LogP contribution in [0.2, 0.25) is 0 Å². The first kappa shape index (κ1) is 28.8. The number of aliphatic hydroxyl groups excluding tert-OH is 1. The van der Waals surface area contributed by atoms with Crippen LogP contribution in [0.1, 0.15) is 41.2 Å². The van der Waals surface area contributed by atoms with Gasteiger partial charge in [0.05, 0.1) is 18.8 Å². The van der Waals surface area contributed by atoms with Crippen molar-refractivity contribution in [2.75, 3.05) is 25.5 Å². The Hall–Kier alpha value is -2.23. The molecule has 38 heavy (non-hydrogen) atoms. The Balaban J connectivity index is 1.50. The first-order valence-corrected chi connectivity index (χ1v) is 13.4. The number of likely N-dealkylation sites (N-methyl/N-ethyl adjacent to an activating group) is 1. The molecule has 0 aliphatic carbocycles. The van der Waals surface area contributed by atoms with E-state index in [1.54, 1.807) is 24.4 Å². The number of hydrogen-bond acceptors (Lipinski definition) is 6. The summed E-state index contributed by atoms with van der Waals surface area (Å²) in [6.07, 6.45) is 2.27. The minimum Gasteiger partial charge on any atom is -0.392 e. The lowest BCUT2D eigenvalue weighted by molar-refractivity contribution is -0.252. The summed E-state index contributed by atoms with van der Waals surface area (Å²) in [7, 11) is 2.06. The molecule has 1 fully saturated rings. The third kappa shape index (κ3) is 8.13. The molecule has 7 nitrogen and oxygen atoms in total. The second-order valence-electron chi connectivity index (χ2n) is 9.26. The van der Waals surface area contributed by atoms with Crippen LogP contribution in [0.15, 0.2) is 72.9 Å². The third-order valence-corrected chi connectivity index (χ3v) is 6.80. The van der Waals surface area contributed by atoms with Crippen molar-refractivity contribution in [3.8, 4) is 0 Å². The number of alkyl halides is 3. The monoisotopic (exact) mass is 577 g/mol. The van der Waals surface area contributed by atoms with E-state index in [0.29, 0.717) is 18.7 Å². The summed E-state index contributed by atoms with van der Waals surface area (Å²) in [5, 5.41) is 12.0. The van der Waals surface area contributed by atoms with E-state index in [1.807, 2.05) is 48.5 Å². The van der Waals surface area contributed by atoms with Crippen molar-refractivity contribution >= 4 is 46.4 Å². The molecule has 2 N–H and O–H groups in total. The molecule has 0 spiro atoms. The van der Waals surface area contributed by atoms with Gasteiger partial charge in [-0.2, -0.15) is 0 Å². The molecule has 10 heteroatoms. The molecular weight excluding hydrogens is 549 g/mol. The van der Waals surface area contributed by atoms with Crippen molar-refractivity contribution in [2.24, 2.45) is 0 Å². The molecular formula is C28H30Cl3N3O4. The Morgan fingerprint density at radius 3 is 2.55 bits per heavy atom. The summed E-state index contributed by atoms with van der Waals surface area (Å²) in [6.45, 7) is 1.51. The number of aliphatic hydroxyl groups is 1. The van der Waals surface area contributed by atoms with Gasteiger partial charge in [-0.1, -0.05) is 77.3 Å². The molecule has 0 bridgehead atoms. The van der Waals surface area contributed by atoms with E-state index >= 15 is 0 Å². The largest absolute Gasteiger partial charge is 0.392 e. The van der Waals surface area contributed by atoms with Crippen LogP contribution < -0.4 is 5.32 Å². The number of carbonyl (C=O) groups is 1. The van der Waals surface area contributed by atoms with Crippen LogP contribution >= 0.6 is 34.8 Å². The van der Waals surface area contributed by atoms with Crippen molar-refractivity contribution in [2.45, 2.75) is 41.7 Å². The highest BCUT2D eigenvalue weighted by molar-refractivity contribution is 6.76. The first-order valence-electron chi connectivity index (χ1n) is 12.3. The number of hydrogen-bond donors (Lipinski definition) is 2. The highest BCUT2D eigenvalue weighted by Gasteiger charge is 2.34. The van der Waals surface area contributed by atoms with E-state index in [9.17, 15) is 9.90 Å². The van der Waals surface area contributed by atoms with Crippen LogP contribution in [0.4, 0.5) is 5.69 Å². The van der Waals surface area contributed by atoms with Gasteiger partial charge in [-0.15, -0.1) is 0 Å². The molecule has 0 unspecified atom stereocenters. The van der Waals surface area contributed by atoms with Crippen LogP contribution in [0.3, 0.4) is 0 Å². The number of ether oxygens (including phenoxy) is 2. The molecule has 1 aliphatic heterocycles. The van der Waals surface area contributed by atoms with Gasteiger partial charge in [0, 0.05) is 49.1 Å². The van der Waals surface area contributed by atoms with Crippen LogP contribution in [-0.4, -0.2) is 50.9 Å². The van der Waals surface area contributed by atoms with E-state index in [0.717, 1.165) is 35.3 Å². The molecule has 1 saturated heterocycles. The summed E-state index contributed by atoms with van der Waals surface area (Å²) in [4.78, 5) is 18.8. The Morgan fingerprint density at radius 2 is 1.87 bits per heavy atom. The van der Waals surface area contributed by atoms with Crippen molar-refractivity contribution < 1.29 is 19.4 Å². The maximum Gasteiger partial charge on any atom is 0.276 e. The van der Waals surface area contributed by atoms with E-state index in [4.69, 9.17) is 44.3 Å². The Bertz CT molecular complexity index is 1190. The van der Waals surface area contributed by atoms with Crippen LogP contribution in [0.25, 0.3) is 0 Å². The van der Waals surface area contributed by atoms with E-state index < -0.39 is 16.0 Å². The zero-order valence-electron chi connectivity index (χ0n) is 20.9. The molecule has 0 radical (unpaired) electrons. The number of nitrogens with one attached hydrogen (secondary N) is 1. The van der Waals surface area contributed by atoms with Gasteiger partial charge >= 0.3 is 0 Å². The fourth-order valence-electron chi connectivity index (χ4n) is 4.29.